The molecule has 1 aliphatic heterocycles. The van der Waals surface area contributed by atoms with Crippen LogP contribution in [0.25, 0.3) is 0 Å². The third-order valence-electron chi connectivity index (χ3n) is 2.97. The van der Waals surface area contributed by atoms with Gasteiger partial charge in [-0.15, -0.1) is 6.58 Å². The van der Waals surface area contributed by atoms with Crippen molar-refractivity contribution in [2.75, 3.05) is 7.11 Å². The summed E-state index contributed by atoms with van der Waals surface area (Å²) >= 11 is 0. The van der Waals surface area contributed by atoms with E-state index in [9.17, 15) is 9.90 Å². The van der Waals surface area contributed by atoms with Crippen molar-refractivity contribution in [2.45, 2.75) is 32.5 Å². The van der Waals surface area contributed by atoms with Crippen LogP contribution in [0.15, 0.2) is 17.1 Å². The first kappa shape index (κ1) is 14.3. The van der Waals surface area contributed by atoms with E-state index in [4.69, 9.17) is 18.6 Å². The van der Waals surface area contributed by atoms with Crippen molar-refractivity contribution in [3.05, 3.63) is 18.4 Å². The maximum absolute atomic E-state index is 11.2. The number of rotatable bonds is 6. The number of allylic oxidation sites excluding steroid dienone is 1. The van der Waals surface area contributed by atoms with E-state index < -0.39 is 17.7 Å². The first-order valence-electron chi connectivity index (χ1n) is 6.29. The highest BCUT2D eigenvalue weighted by Crippen LogP contribution is 2.51. The molecule has 0 spiro atoms. The predicted octanol–water partition coefficient (Wildman–Crippen LogP) is 2.61. The fourth-order valence-corrected chi connectivity index (χ4v) is 2.09. The summed E-state index contributed by atoms with van der Waals surface area (Å²) in [5.41, 5.74) is 0. The lowest BCUT2D eigenvalue weighted by Crippen LogP contribution is -2.30. The lowest BCUT2D eigenvalue weighted by atomic mass is 10.00. The highest BCUT2D eigenvalue weighted by Gasteiger charge is 2.40. The molecule has 6 heteroatoms. The summed E-state index contributed by atoms with van der Waals surface area (Å²) in [7, 11) is 1.45. The lowest BCUT2D eigenvalue weighted by molar-refractivity contribution is -0.141. The third kappa shape index (κ3) is 2.59. The molecule has 0 saturated heterocycles. The van der Waals surface area contributed by atoms with Crippen LogP contribution in [0.4, 0.5) is 0 Å². The van der Waals surface area contributed by atoms with Crippen LogP contribution in [-0.4, -0.2) is 24.0 Å². The van der Waals surface area contributed by atoms with E-state index in [0.717, 1.165) is 0 Å². The fraction of sp³-hybridized carbons (Fsp3) is 0.500. The Bertz CT molecular complexity index is 528. The topological polar surface area (TPSA) is 78.1 Å². The number of furan rings is 1. The Hall–Kier alpha value is -2.11. The summed E-state index contributed by atoms with van der Waals surface area (Å²) in [6.07, 6.45) is 2.10. The van der Waals surface area contributed by atoms with Gasteiger partial charge in [-0.1, -0.05) is 6.08 Å². The van der Waals surface area contributed by atoms with Crippen molar-refractivity contribution < 1.29 is 28.5 Å². The molecular weight excluding hydrogens is 264 g/mol. The second kappa shape index (κ2) is 5.11. The van der Waals surface area contributed by atoms with Gasteiger partial charge in [-0.3, -0.25) is 4.79 Å². The highest BCUT2D eigenvalue weighted by molar-refractivity contribution is 5.71. The van der Waals surface area contributed by atoms with E-state index in [1.807, 2.05) is 0 Å². The lowest BCUT2D eigenvalue weighted by Gasteiger charge is -2.18. The molecule has 0 aliphatic carbocycles. The molecule has 6 nitrogen and oxygen atoms in total. The zero-order valence-corrected chi connectivity index (χ0v) is 11.8. The monoisotopic (exact) mass is 282 g/mol. The maximum atomic E-state index is 11.2. The molecule has 0 radical (unpaired) electrons. The molecule has 20 heavy (non-hydrogen) atoms. The van der Waals surface area contributed by atoms with Crippen molar-refractivity contribution in [3.63, 3.8) is 0 Å². The molecule has 0 fully saturated rings. The minimum atomic E-state index is -0.910. The number of hydrogen-bond donors (Lipinski definition) is 1. The van der Waals surface area contributed by atoms with Gasteiger partial charge < -0.3 is 23.7 Å². The van der Waals surface area contributed by atoms with Crippen molar-refractivity contribution in [1.82, 2.24) is 0 Å². The van der Waals surface area contributed by atoms with Gasteiger partial charge in [0.05, 0.1) is 13.0 Å². The number of carboxylic acids is 1. The quantitative estimate of drug-likeness (QED) is 0.808. The number of carboxylic acid groups (broad SMARTS) is 1. The zero-order chi connectivity index (χ0) is 14.9. The van der Waals surface area contributed by atoms with Crippen LogP contribution in [-0.2, 0) is 11.2 Å². The Morgan fingerprint density at radius 3 is 2.65 bits per heavy atom. The largest absolute Gasteiger partial charge is 0.481 e. The molecular formula is C14H18O6. The van der Waals surface area contributed by atoms with Gasteiger partial charge in [0.1, 0.15) is 0 Å². The third-order valence-corrected chi connectivity index (χ3v) is 2.97. The van der Waals surface area contributed by atoms with Crippen molar-refractivity contribution in [2.24, 2.45) is 5.92 Å². The second-order valence-corrected chi connectivity index (χ2v) is 5.04. The molecule has 2 rings (SSSR count). The van der Waals surface area contributed by atoms with E-state index in [0.29, 0.717) is 23.7 Å². The van der Waals surface area contributed by atoms with Crippen molar-refractivity contribution in [1.29, 1.82) is 0 Å². The van der Waals surface area contributed by atoms with Gasteiger partial charge in [0, 0.05) is 20.3 Å². The van der Waals surface area contributed by atoms with E-state index in [1.165, 1.54) is 7.11 Å². The molecule has 110 valence electrons. The second-order valence-electron chi connectivity index (χ2n) is 5.04. The predicted molar refractivity (Wildman–Crippen MR) is 70.2 cm³/mol. The molecule has 1 atom stereocenters. The number of fused-ring (bicyclic) bond motifs is 1. The normalized spacial score (nSPS) is 16.8. The number of methoxy groups -OCH3 is 1. The van der Waals surface area contributed by atoms with Crippen molar-refractivity contribution in [3.8, 4) is 17.4 Å². The van der Waals surface area contributed by atoms with E-state index >= 15 is 0 Å². The molecule has 0 bridgehead atoms. The molecule has 1 aromatic heterocycles. The summed E-state index contributed by atoms with van der Waals surface area (Å²) in [4.78, 5) is 11.2. The minimum Gasteiger partial charge on any atom is -0.481 e. The van der Waals surface area contributed by atoms with Crippen LogP contribution in [0.3, 0.4) is 0 Å². The average molecular weight is 282 g/mol. The van der Waals surface area contributed by atoms with Gasteiger partial charge in [0.15, 0.2) is 5.76 Å². The van der Waals surface area contributed by atoms with Gasteiger partial charge in [-0.25, -0.2) is 0 Å². The van der Waals surface area contributed by atoms with Gasteiger partial charge in [0.2, 0.25) is 11.5 Å². The molecule has 0 amide bonds. The maximum Gasteiger partial charge on any atom is 0.332 e. The van der Waals surface area contributed by atoms with E-state index in [2.05, 4.69) is 6.58 Å². The minimum absolute atomic E-state index is 0.187. The van der Waals surface area contributed by atoms with E-state index in [-0.39, 0.29) is 12.4 Å². The SMILES string of the molecule is C=CC[C@@H](Cc1oc(OC)c2c1OC(C)(C)O2)C(=O)O. The van der Waals surface area contributed by atoms with Crippen LogP contribution in [0.1, 0.15) is 26.0 Å². The Kier molecular flexibility index (Phi) is 3.65. The summed E-state index contributed by atoms with van der Waals surface area (Å²) < 4.78 is 21.8. The summed E-state index contributed by atoms with van der Waals surface area (Å²) in [6.45, 7) is 7.08. The van der Waals surface area contributed by atoms with Gasteiger partial charge in [-0.2, -0.15) is 0 Å². The van der Waals surface area contributed by atoms with Gasteiger partial charge >= 0.3 is 11.9 Å². The molecule has 0 unspecified atom stereocenters. The molecule has 0 saturated carbocycles. The first-order chi connectivity index (χ1) is 9.38. The van der Waals surface area contributed by atoms with Crippen LogP contribution < -0.4 is 14.2 Å². The Morgan fingerprint density at radius 2 is 2.10 bits per heavy atom. The van der Waals surface area contributed by atoms with Crippen LogP contribution in [0.2, 0.25) is 0 Å². The average Bonchev–Trinajstić information content (AvgIpc) is 2.82. The highest BCUT2D eigenvalue weighted by atomic mass is 16.8. The van der Waals surface area contributed by atoms with Crippen LogP contribution in [0, 0.1) is 5.92 Å². The van der Waals surface area contributed by atoms with E-state index in [1.54, 1.807) is 19.9 Å². The molecule has 1 aromatic rings. The molecule has 2 heterocycles. The zero-order valence-electron chi connectivity index (χ0n) is 11.8. The Balaban J connectivity index is 2.30. The van der Waals surface area contributed by atoms with Crippen LogP contribution >= 0.6 is 0 Å². The fourth-order valence-electron chi connectivity index (χ4n) is 2.09. The summed E-state index contributed by atoms with van der Waals surface area (Å²) in [6, 6.07) is 0. The number of aliphatic carboxylic acids is 1. The van der Waals surface area contributed by atoms with Gasteiger partial charge in [0.25, 0.3) is 5.75 Å². The number of hydrogen-bond acceptors (Lipinski definition) is 5. The standard InChI is InChI=1S/C14H18O6/c1-5-6-8(12(15)16)7-9-10-11(13(17-4)18-9)20-14(2,3)19-10/h5,8H,1,6-7H2,2-4H3,(H,15,16)/t8-/m0/s1. The molecule has 0 aromatic carbocycles. The first-order valence-corrected chi connectivity index (χ1v) is 6.29. The Morgan fingerprint density at radius 1 is 1.45 bits per heavy atom. The smallest absolute Gasteiger partial charge is 0.332 e. The summed E-state index contributed by atoms with van der Waals surface area (Å²) in [5, 5.41) is 9.19. The summed E-state index contributed by atoms with van der Waals surface area (Å²) in [5.74, 6) is -0.940. The van der Waals surface area contributed by atoms with Crippen LogP contribution in [0.5, 0.6) is 17.4 Å². The van der Waals surface area contributed by atoms with Gasteiger partial charge in [-0.05, 0) is 6.42 Å². The Labute approximate surface area is 116 Å². The number of ether oxygens (including phenoxy) is 3. The molecule has 1 N–H and O–H groups in total. The number of carbonyl (C=O) groups is 1. The van der Waals surface area contributed by atoms with Crippen molar-refractivity contribution >= 4 is 5.97 Å². The molecule has 1 aliphatic rings.